The SMILES string of the molecule is ON=C1c2cccn2CC1Cc1ccccc1. The third-order valence-corrected chi connectivity index (χ3v) is 3.33. The molecule has 1 aliphatic rings. The van der Waals surface area contributed by atoms with Gasteiger partial charge in [-0.05, 0) is 24.1 Å². The minimum atomic E-state index is 0.276. The van der Waals surface area contributed by atoms with E-state index in [1.54, 1.807) is 0 Å². The maximum absolute atomic E-state index is 9.15. The molecule has 3 heteroatoms. The Morgan fingerprint density at radius 2 is 2.00 bits per heavy atom. The highest BCUT2D eigenvalue weighted by atomic mass is 16.4. The Morgan fingerprint density at radius 3 is 2.76 bits per heavy atom. The number of benzene rings is 1. The van der Waals surface area contributed by atoms with Gasteiger partial charge in [0.15, 0.2) is 0 Å². The van der Waals surface area contributed by atoms with Crippen LogP contribution in [0.4, 0.5) is 0 Å². The van der Waals surface area contributed by atoms with Crippen molar-refractivity contribution in [1.29, 1.82) is 0 Å². The molecule has 0 radical (unpaired) electrons. The quantitative estimate of drug-likeness (QED) is 0.620. The molecule has 2 aromatic rings. The summed E-state index contributed by atoms with van der Waals surface area (Å²) in [5.74, 6) is 0.276. The van der Waals surface area contributed by atoms with E-state index in [4.69, 9.17) is 5.21 Å². The molecule has 1 unspecified atom stereocenters. The molecule has 0 bridgehead atoms. The van der Waals surface area contributed by atoms with Crippen LogP contribution in [0.15, 0.2) is 53.8 Å². The van der Waals surface area contributed by atoms with Crippen LogP contribution in [0.1, 0.15) is 11.3 Å². The number of oxime groups is 1. The van der Waals surface area contributed by atoms with Crippen molar-refractivity contribution < 1.29 is 5.21 Å². The van der Waals surface area contributed by atoms with Gasteiger partial charge in [0.2, 0.25) is 0 Å². The fraction of sp³-hybridized carbons (Fsp3) is 0.214. The van der Waals surface area contributed by atoms with E-state index in [2.05, 4.69) is 21.9 Å². The number of fused-ring (bicyclic) bond motifs is 1. The second kappa shape index (κ2) is 4.09. The van der Waals surface area contributed by atoms with Gasteiger partial charge in [-0.25, -0.2) is 0 Å². The summed E-state index contributed by atoms with van der Waals surface area (Å²) in [7, 11) is 0. The number of hydrogen-bond donors (Lipinski definition) is 1. The molecule has 2 heterocycles. The highest BCUT2D eigenvalue weighted by Gasteiger charge is 2.28. The van der Waals surface area contributed by atoms with Gasteiger partial charge in [-0.2, -0.15) is 0 Å². The molecule has 1 N–H and O–H groups in total. The number of nitrogens with zero attached hydrogens (tertiary/aromatic N) is 2. The zero-order valence-electron chi connectivity index (χ0n) is 9.45. The average Bonchev–Trinajstić information content (AvgIpc) is 2.90. The van der Waals surface area contributed by atoms with Crippen LogP contribution in [0.25, 0.3) is 0 Å². The van der Waals surface area contributed by atoms with E-state index >= 15 is 0 Å². The smallest absolute Gasteiger partial charge is 0.108 e. The van der Waals surface area contributed by atoms with Gasteiger partial charge >= 0.3 is 0 Å². The molecule has 1 aromatic heterocycles. The van der Waals surface area contributed by atoms with E-state index in [0.29, 0.717) is 0 Å². The van der Waals surface area contributed by atoms with E-state index in [9.17, 15) is 0 Å². The highest BCUT2D eigenvalue weighted by Crippen LogP contribution is 2.25. The highest BCUT2D eigenvalue weighted by molar-refractivity contribution is 6.02. The molecule has 1 atom stereocenters. The first-order chi connectivity index (χ1) is 8.38. The predicted molar refractivity (Wildman–Crippen MR) is 66.4 cm³/mol. The summed E-state index contributed by atoms with van der Waals surface area (Å²) in [6, 6.07) is 14.3. The van der Waals surface area contributed by atoms with Crippen molar-refractivity contribution >= 4 is 5.71 Å². The van der Waals surface area contributed by atoms with E-state index in [-0.39, 0.29) is 5.92 Å². The lowest BCUT2D eigenvalue weighted by Crippen LogP contribution is -2.13. The summed E-state index contributed by atoms with van der Waals surface area (Å²) in [5.41, 5.74) is 3.12. The first-order valence-corrected chi connectivity index (χ1v) is 5.80. The molecule has 86 valence electrons. The largest absolute Gasteiger partial charge is 0.411 e. The van der Waals surface area contributed by atoms with Crippen LogP contribution in [0.5, 0.6) is 0 Å². The summed E-state index contributed by atoms with van der Waals surface area (Å²) in [6.45, 7) is 0.899. The minimum absolute atomic E-state index is 0.276. The van der Waals surface area contributed by atoms with E-state index in [1.807, 2.05) is 36.5 Å². The maximum atomic E-state index is 9.15. The third-order valence-electron chi connectivity index (χ3n) is 3.33. The van der Waals surface area contributed by atoms with Gasteiger partial charge in [0.1, 0.15) is 5.71 Å². The van der Waals surface area contributed by atoms with Crippen molar-refractivity contribution in [2.24, 2.45) is 11.1 Å². The molecule has 0 spiro atoms. The van der Waals surface area contributed by atoms with Crippen molar-refractivity contribution in [3.05, 3.63) is 59.9 Å². The molecular weight excluding hydrogens is 212 g/mol. The molecule has 3 rings (SSSR count). The Morgan fingerprint density at radius 1 is 1.18 bits per heavy atom. The van der Waals surface area contributed by atoms with Gasteiger partial charge in [0.25, 0.3) is 0 Å². The summed E-state index contributed by atoms with van der Waals surface area (Å²) in [6.07, 6.45) is 2.95. The van der Waals surface area contributed by atoms with Crippen LogP contribution in [0.3, 0.4) is 0 Å². The Labute approximate surface area is 100 Å². The van der Waals surface area contributed by atoms with Crippen LogP contribution in [-0.2, 0) is 13.0 Å². The zero-order chi connectivity index (χ0) is 11.7. The summed E-state index contributed by atoms with van der Waals surface area (Å²) in [5, 5.41) is 12.6. The monoisotopic (exact) mass is 226 g/mol. The number of aromatic nitrogens is 1. The van der Waals surface area contributed by atoms with Crippen LogP contribution in [0.2, 0.25) is 0 Å². The van der Waals surface area contributed by atoms with Gasteiger partial charge < -0.3 is 9.77 Å². The molecular formula is C14H14N2O. The van der Waals surface area contributed by atoms with Crippen molar-refractivity contribution in [1.82, 2.24) is 4.57 Å². The average molecular weight is 226 g/mol. The standard InChI is InChI=1S/C14H14N2O/c17-15-14-12(9-11-5-2-1-3-6-11)10-16-8-4-7-13(14)16/h1-8,12,17H,9-10H2. The van der Waals surface area contributed by atoms with Gasteiger partial charge in [-0.1, -0.05) is 35.5 Å². The Kier molecular flexibility index (Phi) is 2.44. The third kappa shape index (κ3) is 1.73. The Balaban J connectivity index is 1.85. The van der Waals surface area contributed by atoms with Gasteiger partial charge in [-0.15, -0.1) is 0 Å². The molecule has 0 amide bonds. The second-order valence-electron chi connectivity index (χ2n) is 4.42. The predicted octanol–water partition coefficient (Wildman–Crippen LogP) is 2.54. The molecule has 3 nitrogen and oxygen atoms in total. The van der Waals surface area contributed by atoms with Crippen LogP contribution in [-0.4, -0.2) is 15.5 Å². The summed E-state index contributed by atoms with van der Waals surface area (Å²) < 4.78 is 2.14. The molecule has 1 aromatic carbocycles. The lowest BCUT2D eigenvalue weighted by Gasteiger charge is -2.09. The van der Waals surface area contributed by atoms with Crippen molar-refractivity contribution in [3.8, 4) is 0 Å². The Hall–Kier alpha value is -2.03. The van der Waals surface area contributed by atoms with Crippen molar-refractivity contribution in [2.75, 3.05) is 0 Å². The molecule has 17 heavy (non-hydrogen) atoms. The zero-order valence-corrected chi connectivity index (χ0v) is 9.45. The van der Waals surface area contributed by atoms with Gasteiger partial charge in [-0.3, -0.25) is 0 Å². The fourth-order valence-corrected chi connectivity index (χ4v) is 2.53. The summed E-state index contributed by atoms with van der Waals surface area (Å²) >= 11 is 0. The fourth-order valence-electron chi connectivity index (χ4n) is 2.53. The number of hydrogen-bond acceptors (Lipinski definition) is 2. The second-order valence-corrected chi connectivity index (χ2v) is 4.42. The molecule has 0 saturated heterocycles. The normalized spacial score (nSPS) is 20.7. The van der Waals surface area contributed by atoms with E-state index < -0.39 is 0 Å². The van der Waals surface area contributed by atoms with Crippen molar-refractivity contribution in [2.45, 2.75) is 13.0 Å². The van der Waals surface area contributed by atoms with E-state index in [0.717, 1.165) is 24.4 Å². The number of rotatable bonds is 2. The van der Waals surface area contributed by atoms with Crippen molar-refractivity contribution in [3.63, 3.8) is 0 Å². The topological polar surface area (TPSA) is 37.5 Å². The first kappa shape index (κ1) is 10.1. The first-order valence-electron chi connectivity index (χ1n) is 5.80. The van der Waals surface area contributed by atoms with E-state index in [1.165, 1.54) is 5.56 Å². The van der Waals surface area contributed by atoms with Gasteiger partial charge in [0, 0.05) is 18.7 Å². The molecule has 0 fully saturated rings. The van der Waals surface area contributed by atoms with Crippen LogP contribution in [0, 0.1) is 5.92 Å². The Bertz CT molecular complexity index is 542. The lowest BCUT2D eigenvalue weighted by molar-refractivity contribution is 0.315. The molecule has 1 aliphatic heterocycles. The maximum Gasteiger partial charge on any atom is 0.108 e. The lowest BCUT2D eigenvalue weighted by atomic mass is 9.95. The molecule has 0 saturated carbocycles. The molecule has 0 aliphatic carbocycles. The van der Waals surface area contributed by atoms with Crippen LogP contribution >= 0.6 is 0 Å². The summed E-state index contributed by atoms with van der Waals surface area (Å²) in [4.78, 5) is 0. The van der Waals surface area contributed by atoms with Gasteiger partial charge in [0.05, 0.1) is 5.69 Å². The minimum Gasteiger partial charge on any atom is -0.411 e. The van der Waals surface area contributed by atoms with Crippen LogP contribution < -0.4 is 0 Å².